The number of piperidine rings is 1. The summed E-state index contributed by atoms with van der Waals surface area (Å²) in [5.41, 5.74) is 4.37. The molecule has 0 aromatic heterocycles. The van der Waals surface area contributed by atoms with Crippen molar-refractivity contribution < 1.29 is 19.1 Å². The van der Waals surface area contributed by atoms with E-state index in [4.69, 9.17) is 9.47 Å². The van der Waals surface area contributed by atoms with Gasteiger partial charge in [-0.25, -0.2) is 0 Å². The summed E-state index contributed by atoms with van der Waals surface area (Å²) in [6, 6.07) is 12.2. The number of ether oxygens (including phenoxy) is 2. The van der Waals surface area contributed by atoms with E-state index in [0.29, 0.717) is 19.4 Å². The lowest BCUT2D eigenvalue weighted by Crippen LogP contribution is -2.79. The number of hydrogen-bond acceptors (Lipinski definition) is 5. The fourth-order valence-electron chi connectivity index (χ4n) is 8.49. The molecular weight excluding hydrogens is 524 g/mol. The number of esters is 1. The van der Waals surface area contributed by atoms with Crippen LogP contribution in [0.5, 0.6) is 5.75 Å². The summed E-state index contributed by atoms with van der Waals surface area (Å²) in [7, 11) is 0. The SMILES string of the molecule is C=CCN1CC[C@]23c4c5cccc4O[C@H]2[C@@H](N(CC(C)C)C(=O)C#Cc2ccc(C)c(C)c2)CC[C@@]3(OC(C)=O)[C@H]1C5. The molecule has 2 aliphatic heterocycles. The van der Waals surface area contributed by atoms with Crippen molar-refractivity contribution in [3.05, 3.63) is 76.9 Å². The van der Waals surface area contributed by atoms with Crippen LogP contribution in [0.2, 0.25) is 0 Å². The third-order valence-corrected chi connectivity index (χ3v) is 10.1. The van der Waals surface area contributed by atoms with E-state index in [2.05, 4.69) is 63.1 Å². The van der Waals surface area contributed by atoms with Crippen LogP contribution >= 0.6 is 0 Å². The van der Waals surface area contributed by atoms with Crippen LogP contribution < -0.4 is 4.74 Å². The average Bonchev–Trinajstić information content (AvgIpc) is 3.28. The van der Waals surface area contributed by atoms with E-state index >= 15 is 0 Å². The van der Waals surface area contributed by atoms with Gasteiger partial charge in [0, 0.05) is 43.6 Å². The maximum Gasteiger partial charge on any atom is 0.303 e. The molecule has 2 aliphatic carbocycles. The number of amides is 1. The van der Waals surface area contributed by atoms with E-state index in [1.807, 2.05) is 35.2 Å². The van der Waals surface area contributed by atoms with E-state index < -0.39 is 11.0 Å². The van der Waals surface area contributed by atoms with Crippen molar-refractivity contribution in [2.45, 2.75) is 89.5 Å². The van der Waals surface area contributed by atoms with E-state index in [9.17, 15) is 9.59 Å². The first kappa shape index (κ1) is 28.6. The second kappa shape index (κ2) is 10.6. The van der Waals surface area contributed by atoms with Crippen molar-refractivity contribution in [1.29, 1.82) is 0 Å². The Morgan fingerprint density at radius 3 is 2.74 bits per heavy atom. The van der Waals surface area contributed by atoms with E-state index in [-0.39, 0.29) is 36.0 Å². The highest BCUT2D eigenvalue weighted by Crippen LogP contribution is 2.65. The van der Waals surface area contributed by atoms with Crippen molar-refractivity contribution in [3.63, 3.8) is 0 Å². The lowest BCUT2D eigenvalue weighted by Gasteiger charge is -2.65. The Morgan fingerprint density at radius 2 is 2.02 bits per heavy atom. The third-order valence-electron chi connectivity index (χ3n) is 10.1. The van der Waals surface area contributed by atoms with Gasteiger partial charge in [0.05, 0.1) is 17.5 Å². The van der Waals surface area contributed by atoms with E-state index in [0.717, 1.165) is 42.8 Å². The van der Waals surface area contributed by atoms with Gasteiger partial charge in [-0.2, -0.15) is 0 Å². The molecule has 0 N–H and O–H groups in total. The van der Waals surface area contributed by atoms with Crippen molar-refractivity contribution in [2.75, 3.05) is 19.6 Å². The molecule has 2 aromatic rings. The molecule has 4 aliphatic rings. The molecule has 1 saturated heterocycles. The van der Waals surface area contributed by atoms with Gasteiger partial charge >= 0.3 is 5.97 Å². The second-order valence-corrected chi connectivity index (χ2v) is 13.0. The minimum Gasteiger partial charge on any atom is -0.487 e. The first-order valence-corrected chi connectivity index (χ1v) is 15.3. The largest absolute Gasteiger partial charge is 0.487 e. The number of carbonyl (C=O) groups excluding carboxylic acids is 2. The summed E-state index contributed by atoms with van der Waals surface area (Å²) in [6.07, 6.45) is 4.52. The summed E-state index contributed by atoms with van der Waals surface area (Å²) in [5.74, 6) is 6.80. The maximum absolute atomic E-state index is 14.0. The van der Waals surface area contributed by atoms with Gasteiger partial charge in [-0.15, -0.1) is 6.58 Å². The van der Waals surface area contributed by atoms with Gasteiger partial charge in [0.1, 0.15) is 17.5 Å². The molecule has 1 amide bonds. The van der Waals surface area contributed by atoms with Crippen LogP contribution in [0, 0.1) is 31.6 Å². The number of aryl methyl sites for hydroxylation is 2. The molecule has 1 spiro atoms. The molecule has 220 valence electrons. The number of rotatable bonds is 6. The van der Waals surface area contributed by atoms with Crippen LogP contribution in [0.3, 0.4) is 0 Å². The Hall–Kier alpha value is -3.56. The number of likely N-dealkylation sites (tertiary alicyclic amines) is 1. The molecule has 42 heavy (non-hydrogen) atoms. The van der Waals surface area contributed by atoms with Gasteiger partial charge in [0.2, 0.25) is 0 Å². The lowest BCUT2D eigenvalue weighted by molar-refractivity contribution is -0.223. The molecule has 6 rings (SSSR count). The zero-order valence-corrected chi connectivity index (χ0v) is 25.5. The Balaban J connectivity index is 1.45. The molecule has 1 saturated carbocycles. The van der Waals surface area contributed by atoms with Gasteiger partial charge < -0.3 is 14.4 Å². The fourth-order valence-corrected chi connectivity index (χ4v) is 8.49. The van der Waals surface area contributed by atoms with Crippen molar-refractivity contribution >= 4 is 11.9 Å². The zero-order valence-electron chi connectivity index (χ0n) is 25.5. The Kier molecular flexibility index (Phi) is 7.22. The van der Waals surface area contributed by atoms with E-state index in [1.165, 1.54) is 23.6 Å². The summed E-state index contributed by atoms with van der Waals surface area (Å²) in [6.45, 7) is 16.1. The Labute approximate surface area is 250 Å². The molecule has 2 bridgehead atoms. The first-order valence-electron chi connectivity index (χ1n) is 15.3. The number of carbonyl (C=O) groups is 2. The van der Waals surface area contributed by atoms with Gasteiger partial charge in [-0.05, 0) is 80.3 Å². The van der Waals surface area contributed by atoms with Crippen molar-refractivity contribution in [1.82, 2.24) is 9.80 Å². The van der Waals surface area contributed by atoms with Crippen LogP contribution in [0.25, 0.3) is 0 Å². The van der Waals surface area contributed by atoms with Crippen LogP contribution in [-0.2, 0) is 26.2 Å². The summed E-state index contributed by atoms with van der Waals surface area (Å²) in [4.78, 5) is 31.2. The molecule has 6 nitrogen and oxygen atoms in total. The number of benzene rings is 2. The van der Waals surface area contributed by atoms with Gasteiger partial charge in [-0.3, -0.25) is 14.5 Å². The highest BCUT2D eigenvalue weighted by molar-refractivity contribution is 5.94. The Bertz CT molecular complexity index is 1500. The van der Waals surface area contributed by atoms with Gasteiger partial charge in [0.15, 0.2) is 0 Å². The smallest absolute Gasteiger partial charge is 0.303 e. The third kappa shape index (κ3) is 4.28. The van der Waals surface area contributed by atoms with Gasteiger partial charge in [-0.1, -0.05) is 44.0 Å². The second-order valence-electron chi connectivity index (χ2n) is 13.0. The molecule has 0 unspecified atom stereocenters. The molecule has 0 radical (unpaired) electrons. The summed E-state index contributed by atoms with van der Waals surface area (Å²) >= 11 is 0. The summed E-state index contributed by atoms with van der Waals surface area (Å²) < 4.78 is 13.5. The van der Waals surface area contributed by atoms with Crippen molar-refractivity contribution in [3.8, 4) is 17.6 Å². The number of hydrogen-bond donors (Lipinski definition) is 0. The minimum atomic E-state index is -0.738. The van der Waals surface area contributed by atoms with E-state index in [1.54, 1.807) is 0 Å². The highest BCUT2D eigenvalue weighted by Gasteiger charge is 2.75. The maximum atomic E-state index is 14.0. The molecular formula is C36H42N2O4. The lowest BCUT2D eigenvalue weighted by atomic mass is 9.48. The first-order chi connectivity index (χ1) is 20.1. The topological polar surface area (TPSA) is 59.1 Å². The molecule has 2 heterocycles. The molecule has 5 atom stereocenters. The predicted molar refractivity (Wildman–Crippen MR) is 163 cm³/mol. The standard InChI is InChI=1S/C36H42N2O4/c1-7-18-37-19-17-35-33-28-9-8-10-30(33)41-34(35)29(15-16-36(35,31(37)21-28)42-26(6)39)38(22-23(2)3)32(40)14-13-27-12-11-24(4)25(5)20-27/h7-12,20,23,29,31,34H,1,15-19,21-22H2,2-6H3/t29-,31+,34-,35-,36+/m0/s1. The zero-order chi connectivity index (χ0) is 29.8. The van der Waals surface area contributed by atoms with Crippen LogP contribution in [0.4, 0.5) is 0 Å². The molecule has 6 heteroatoms. The fraction of sp³-hybridized carbons (Fsp3) is 0.500. The highest BCUT2D eigenvalue weighted by atomic mass is 16.6. The monoisotopic (exact) mass is 566 g/mol. The number of nitrogens with zero attached hydrogens (tertiary/aromatic N) is 2. The molecule has 2 fully saturated rings. The Morgan fingerprint density at radius 1 is 1.21 bits per heavy atom. The van der Waals surface area contributed by atoms with Crippen LogP contribution in [-0.4, -0.2) is 65.1 Å². The summed E-state index contributed by atoms with van der Waals surface area (Å²) in [5, 5.41) is 0. The van der Waals surface area contributed by atoms with Crippen molar-refractivity contribution in [2.24, 2.45) is 5.92 Å². The van der Waals surface area contributed by atoms with Gasteiger partial charge in [0.25, 0.3) is 5.91 Å². The van der Waals surface area contributed by atoms with Crippen LogP contribution in [0.15, 0.2) is 49.1 Å². The quantitative estimate of drug-likeness (QED) is 0.276. The molecule has 2 aromatic carbocycles. The average molecular weight is 567 g/mol. The normalized spacial score (nSPS) is 28.7. The predicted octanol–water partition coefficient (Wildman–Crippen LogP) is 5.12. The minimum absolute atomic E-state index is 0.0138. The van der Waals surface area contributed by atoms with Crippen LogP contribution in [0.1, 0.15) is 67.9 Å².